The minimum absolute atomic E-state index is 0.0300. The van der Waals surface area contributed by atoms with E-state index in [1.165, 1.54) is 0 Å². The summed E-state index contributed by atoms with van der Waals surface area (Å²) >= 11 is 0. The molecule has 0 N–H and O–H groups in total. The molecule has 1 aromatic heterocycles. The van der Waals surface area contributed by atoms with E-state index in [9.17, 15) is 8.22 Å². The van der Waals surface area contributed by atoms with Crippen LogP contribution in [-0.4, -0.2) is 0 Å². The van der Waals surface area contributed by atoms with Crippen molar-refractivity contribution in [1.82, 2.24) is 0 Å². The lowest BCUT2D eigenvalue weighted by Gasteiger charge is -2.19. The molecule has 0 aliphatic heterocycles. The van der Waals surface area contributed by atoms with Gasteiger partial charge in [-0.2, -0.15) is 0 Å². The first-order chi connectivity index (χ1) is 31.5. The quantitative estimate of drug-likeness (QED) is 0.172. The number of benzene rings is 10. The minimum Gasteiger partial charge on any atom is -0.456 e. The van der Waals surface area contributed by atoms with Gasteiger partial charge < -0.3 is 4.42 Å². The molecule has 0 radical (unpaired) electrons. The maximum Gasteiger partial charge on any atom is 0.136 e. The summed E-state index contributed by atoms with van der Waals surface area (Å²) in [6.45, 7) is 0. The average molecular weight is 662 g/mol. The van der Waals surface area contributed by atoms with Crippen molar-refractivity contribution in [3.63, 3.8) is 0 Å². The van der Waals surface area contributed by atoms with Crippen LogP contribution in [0.3, 0.4) is 0 Å². The molecule has 10 aromatic carbocycles. The molecule has 1 heteroatoms. The highest BCUT2D eigenvalue weighted by atomic mass is 16.3. The minimum atomic E-state index is -0.740. The lowest BCUT2D eigenvalue weighted by molar-refractivity contribution is 0.669. The number of fused-ring (bicyclic) bond motifs is 9. The molecule has 0 fully saturated rings. The van der Waals surface area contributed by atoms with Crippen LogP contribution < -0.4 is 0 Å². The largest absolute Gasteiger partial charge is 0.456 e. The predicted molar refractivity (Wildman–Crippen MR) is 218 cm³/mol. The highest BCUT2D eigenvalue weighted by Crippen LogP contribution is 2.46. The van der Waals surface area contributed by atoms with E-state index < -0.39 is 107 Å². The van der Waals surface area contributed by atoms with Gasteiger partial charge in [0.25, 0.3) is 0 Å². The molecule has 0 aliphatic rings. The summed E-state index contributed by atoms with van der Waals surface area (Å²) in [5, 5.41) is 3.51. The van der Waals surface area contributed by atoms with Crippen molar-refractivity contribution < 1.29 is 25.0 Å². The van der Waals surface area contributed by atoms with Crippen molar-refractivity contribution in [1.29, 1.82) is 0 Å². The molecule has 0 unspecified atom stereocenters. The molecule has 0 bridgehead atoms. The SMILES string of the molecule is [2H]c1c([2H])c([2H])c2c([2H])c(-c3c4c([2H])c([2H])c([2H])c([2H])c4c(-c4cc(-c5ccc6oc7ccc8ccccc8c7c6c5)c5ccccc5c4)c4c([2H])c([2H])c([2H])c([2H])c34)c([2H])c([2H])c2c1[2H]. The third kappa shape index (κ3) is 4.28. The average Bonchev–Trinajstić information content (AvgIpc) is 3.71. The van der Waals surface area contributed by atoms with E-state index in [0.29, 0.717) is 27.7 Å². The van der Waals surface area contributed by atoms with Crippen LogP contribution in [0.5, 0.6) is 0 Å². The summed E-state index contributed by atoms with van der Waals surface area (Å²) in [4.78, 5) is 0. The molecule has 0 aliphatic carbocycles. The molecule has 1 heterocycles. The fourth-order valence-electron chi connectivity index (χ4n) is 7.48. The first-order valence-electron chi connectivity index (χ1n) is 23.9. The van der Waals surface area contributed by atoms with Gasteiger partial charge >= 0.3 is 0 Å². The third-order valence-corrected chi connectivity index (χ3v) is 9.70. The molecule has 1 nitrogen and oxygen atoms in total. The fourth-order valence-corrected chi connectivity index (χ4v) is 7.48. The lowest BCUT2D eigenvalue weighted by atomic mass is 9.84. The Bertz CT molecular complexity index is 3980. The molecule has 0 spiro atoms. The van der Waals surface area contributed by atoms with E-state index in [0.717, 1.165) is 32.5 Å². The zero-order valence-corrected chi connectivity index (χ0v) is 26.6. The first kappa shape index (κ1) is 17.3. The number of hydrogen-bond acceptors (Lipinski definition) is 1. The summed E-state index contributed by atoms with van der Waals surface area (Å²) in [6, 6.07) is 18.9. The topological polar surface area (TPSA) is 13.1 Å². The van der Waals surface area contributed by atoms with E-state index in [1.807, 2.05) is 84.9 Å². The van der Waals surface area contributed by atoms with Crippen LogP contribution in [0.4, 0.5) is 0 Å². The zero-order chi connectivity index (χ0) is 46.5. The zero-order valence-electron chi connectivity index (χ0n) is 41.6. The molecule has 0 amide bonds. The molecule has 51 heavy (non-hydrogen) atoms. The van der Waals surface area contributed by atoms with Crippen molar-refractivity contribution in [2.45, 2.75) is 0 Å². The lowest BCUT2D eigenvalue weighted by Crippen LogP contribution is -1.92. The molecule has 236 valence electrons. The Labute approximate surface area is 315 Å². The molecular formula is C50H30O. The van der Waals surface area contributed by atoms with E-state index in [2.05, 4.69) is 0 Å². The Morgan fingerprint density at radius 2 is 1.00 bits per heavy atom. The van der Waals surface area contributed by atoms with Gasteiger partial charge in [0.2, 0.25) is 0 Å². The van der Waals surface area contributed by atoms with Crippen LogP contribution >= 0.6 is 0 Å². The van der Waals surface area contributed by atoms with E-state index in [1.54, 1.807) is 6.07 Å². The Balaban J connectivity index is 1.34. The summed E-state index contributed by atoms with van der Waals surface area (Å²) in [6.07, 6.45) is 0. The molecular weight excluding hydrogens is 617 g/mol. The van der Waals surface area contributed by atoms with Crippen molar-refractivity contribution >= 4 is 75.8 Å². The summed E-state index contributed by atoms with van der Waals surface area (Å²) in [7, 11) is 0. The van der Waals surface area contributed by atoms with Gasteiger partial charge in [-0.25, -0.2) is 0 Å². The number of rotatable bonds is 3. The van der Waals surface area contributed by atoms with Gasteiger partial charge in [-0.1, -0.05) is 145 Å². The van der Waals surface area contributed by atoms with E-state index in [-0.39, 0.29) is 32.7 Å². The summed E-state index contributed by atoms with van der Waals surface area (Å²) < 4.78 is 142. The second-order valence-electron chi connectivity index (χ2n) is 12.5. The number of hydrogen-bond donors (Lipinski definition) is 0. The Morgan fingerprint density at radius 1 is 0.373 bits per heavy atom. The molecule has 11 rings (SSSR count). The fraction of sp³-hybridized carbons (Fsp3) is 0. The molecule has 11 aromatic rings. The highest BCUT2D eigenvalue weighted by Gasteiger charge is 2.19. The monoisotopic (exact) mass is 661 g/mol. The smallest absolute Gasteiger partial charge is 0.136 e. The van der Waals surface area contributed by atoms with Crippen LogP contribution in [0.15, 0.2) is 186 Å². The summed E-state index contributed by atoms with van der Waals surface area (Å²) in [5.41, 5.74) is 2.30. The second kappa shape index (κ2) is 10.9. The van der Waals surface area contributed by atoms with Crippen molar-refractivity contribution in [3.8, 4) is 33.4 Å². The van der Waals surface area contributed by atoms with Gasteiger partial charge in [0.05, 0.1) is 20.6 Å². The maximum atomic E-state index is 9.54. The van der Waals surface area contributed by atoms with Gasteiger partial charge in [0, 0.05) is 10.8 Å². The van der Waals surface area contributed by atoms with Gasteiger partial charge in [-0.3, -0.25) is 0 Å². The first-order valence-corrected chi connectivity index (χ1v) is 16.4. The normalized spacial score (nSPS) is 16.0. The summed E-state index contributed by atoms with van der Waals surface area (Å²) in [5.74, 6) is 0. The van der Waals surface area contributed by atoms with Crippen molar-refractivity contribution in [3.05, 3.63) is 182 Å². The van der Waals surface area contributed by atoms with Crippen LogP contribution in [-0.2, 0) is 0 Å². The molecule has 0 saturated carbocycles. The molecule has 0 saturated heterocycles. The van der Waals surface area contributed by atoms with E-state index >= 15 is 0 Å². The Morgan fingerprint density at radius 3 is 1.76 bits per heavy atom. The van der Waals surface area contributed by atoms with Gasteiger partial charge in [0.1, 0.15) is 11.2 Å². The highest BCUT2D eigenvalue weighted by molar-refractivity contribution is 6.23. The van der Waals surface area contributed by atoms with E-state index in [4.69, 9.17) is 16.8 Å². The third-order valence-electron chi connectivity index (χ3n) is 9.70. The number of furan rings is 1. The molecule has 0 atom stereocenters. The van der Waals surface area contributed by atoms with Crippen LogP contribution in [0.25, 0.3) is 109 Å². The van der Waals surface area contributed by atoms with Crippen LogP contribution in [0.1, 0.15) is 20.6 Å². The second-order valence-corrected chi connectivity index (χ2v) is 12.5. The maximum absolute atomic E-state index is 9.54. The standard InChI is InChI=1S/C50H30O/c1-2-13-33-27-36(22-21-31(33)11-1)48-40-17-7-9-19-42(40)49(43-20-10-8-18-41(43)48)37-28-34-14-4-5-15-38(34)44(30-37)35-24-25-46-45(29-35)50-39-16-6-3-12-32(39)23-26-47(50)51-46/h1-30H/i1D,2D,7D,8D,9D,10D,11D,13D,17D,18D,19D,20D,21D,22D,27D. The van der Waals surface area contributed by atoms with Gasteiger partial charge in [-0.15, -0.1) is 0 Å². The van der Waals surface area contributed by atoms with Crippen LogP contribution in [0.2, 0.25) is 0 Å². The predicted octanol–water partition coefficient (Wildman–Crippen LogP) is 14.4. The van der Waals surface area contributed by atoms with Gasteiger partial charge in [-0.05, 0) is 124 Å². The van der Waals surface area contributed by atoms with Crippen molar-refractivity contribution in [2.24, 2.45) is 0 Å². The Hall–Kier alpha value is -6.70. The van der Waals surface area contributed by atoms with Crippen molar-refractivity contribution in [2.75, 3.05) is 0 Å². The Kier molecular flexibility index (Phi) is 3.70. The van der Waals surface area contributed by atoms with Gasteiger partial charge in [0.15, 0.2) is 0 Å². The van der Waals surface area contributed by atoms with Crippen LogP contribution in [0, 0.1) is 0 Å².